The zero-order valence-electron chi connectivity index (χ0n) is 17.4. The van der Waals surface area contributed by atoms with Crippen molar-refractivity contribution in [1.82, 2.24) is 4.31 Å². The van der Waals surface area contributed by atoms with E-state index in [0.717, 1.165) is 16.7 Å². The number of nitrogens with zero attached hydrogens (tertiary/aromatic N) is 1. The number of anilines is 1. The minimum Gasteiger partial charge on any atom is -0.322 e. The number of nitrogens with one attached hydrogen (secondary N) is 1. The molecule has 1 amide bonds. The van der Waals surface area contributed by atoms with Crippen molar-refractivity contribution < 1.29 is 13.2 Å². The lowest BCUT2D eigenvalue weighted by Gasteiger charge is -2.28. The number of benzene rings is 3. The van der Waals surface area contributed by atoms with Gasteiger partial charge in [0.1, 0.15) is 0 Å². The third kappa shape index (κ3) is 4.37. The van der Waals surface area contributed by atoms with Crippen molar-refractivity contribution in [1.29, 1.82) is 0 Å². The highest BCUT2D eigenvalue weighted by molar-refractivity contribution is 7.89. The number of hydrogen-bond acceptors (Lipinski definition) is 3. The van der Waals surface area contributed by atoms with Crippen molar-refractivity contribution in [3.05, 3.63) is 93.5 Å². The van der Waals surface area contributed by atoms with E-state index in [1.165, 1.54) is 28.1 Å². The molecule has 4 rings (SSSR count). The molecule has 3 aromatic carbocycles. The molecule has 1 aliphatic heterocycles. The molecule has 0 aliphatic carbocycles. The van der Waals surface area contributed by atoms with Crippen molar-refractivity contribution in [3.8, 4) is 0 Å². The molecule has 0 aromatic heterocycles. The van der Waals surface area contributed by atoms with Crippen molar-refractivity contribution in [2.24, 2.45) is 0 Å². The number of halogens is 1. The van der Waals surface area contributed by atoms with Gasteiger partial charge in [0, 0.05) is 18.8 Å². The van der Waals surface area contributed by atoms with E-state index in [2.05, 4.69) is 5.32 Å². The smallest absolute Gasteiger partial charge is 0.257 e. The first-order chi connectivity index (χ1) is 14.8. The van der Waals surface area contributed by atoms with Crippen molar-refractivity contribution in [2.45, 2.75) is 31.7 Å². The molecule has 0 unspecified atom stereocenters. The van der Waals surface area contributed by atoms with Gasteiger partial charge in [-0.05, 0) is 72.9 Å². The Balaban J connectivity index is 1.61. The van der Waals surface area contributed by atoms with E-state index in [1.807, 2.05) is 50.2 Å². The van der Waals surface area contributed by atoms with Crippen LogP contribution < -0.4 is 5.32 Å². The zero-order valence-corrected chi connectivity index (χ0v) is 18.9. The van der Waals surface area contributed by atoms with Gasteiger partial charge in [0.15, 0.2) is 0 Å². The van der Waals surface area contributed by atoms with Gasteiger partial charge in [-0.3, -0.25) is 4.79 Å². The summed E-state index contributed by atoms with van der Waals surface area (Å²) in [7, 11) is -3.77. The largest absolute Gasteiger partial charge is 0.322 e. The molecule has 0 atom stereocenters. The fourth-order valence-electron chi connectivity index (χ4n) is 3.68. The van der Waals surface area contributed by atoms with Crippen LogP contribution in [0.25, 0.3) is 0 Å². The van der Waals surface area contributed by atoms with E-state index in [-0.39, 0.29) is 15.5 Å². The Morgan fingerprint density at radius 2 is 1.71 bits per heavy atom. The van der Waals surface area contributed by atoms with Gasteiger partial charge in [-0.15, -0.1) is 0 Å². The van der Waals surface area contributed by atoms with Crippen LogP contribution in [-0.4, -0.2) is 25.2 Å². The molecule has 0 fully saturated rings. The van der Waals surface area contributed by atoms with Gasteiger partial charge in [0.2, 0.25) is 10.0 Å². The maximum Gasteiger partial charge on any atom is 0.257 e. The Kier molecular flexibility index (Phi) is 5.88. The molecule has 0 saturated carbocycles. The summed E-state index contributed by atoms with van der Waals surface area (Å²) in [4.78, 5) is 12.9. The molecule has 160 valence electrons. The first-order valence-electron chi connectivity index (χ1n) is 10.0. The monoisotopic (exact) mass is 454 g/mol. The predicted octanol–water partition coefficient (Wildman–Crippen LogP) is 4.96. The van der Waals surface area contributed by atoms with Crippen molar-refractivity contribution in [3.63, 3.8) is 0 Å². The Hall–Kier alpha value is -2.67. The highest BCUT2D eigenvalue weighted by atomic mass is 35.5. The van der Waals surface area contributed by atoms with E-state index in [4.69, 9.17) is 11.6 Å². The van der Waals surface area contributed by atoms with E-state index in [0.29, 0.717) is 25.2 Å². The first kappa shape index (κ1) is 21.6. The van der Waals surface area contributed by atoms with Gasteiger partial charge in [-0.2, -0.15) is 4.31 Å². The summed E-state index contributed by atoms with van der Waals surface area (Å²) in [6.45, 7) is 4.66. The van der Waals surface area contributed by atoms with Gasteiger partial charge in [0.05, 0.1) is 15.5 Å². The second-order valence-corrected chi connectivity index (χ2v) is 10.1. The first-order valence-corrected chi connectivity index (χ1v) is 11.8. The maximum absolute atomic E-state index is 13.3. The Morgan fingerprint density at radius 1 is 0.968 bits per heavy atom. The number of fused-ring (bicyclic) bond motifs is 1. The van der Waals surface area contributed by atoms with Gasteiger partial charge >= 0.3 is 0 Å². The van der Waals surface area contributed by atoms with Crippen LogP contribution in [0.5, 0.6) is 0 Å². The lowest BCUT2D eigenvalue weighted by molar-refractivity contribution is 0.102. The number of aryl methyl sites for hydroxylation is 2. The number of hydrogen-bond donors (Lipinski definition) is 1. The fourth-order valence-corrected chi connectivity index (χ4v) is 5.33. The van der Waals surface area contributed by atoms with Crippen LogP contribution >= 0.6 is 11.6 Å². The summed E-state index contributed by atoms with van der Waals surface area (Å²) in [5, 5.41) is 3.00. The zero-order chi connectivity index (χ0) is 22.2. The lowest BCUT2D eigenvalue weighted by Crippen LogP contribution is -2.36. The Morgan fingerprint density at radius 3 is 2.45 bits per heavy atom. The van der Waals surface area contributed by atoms with Gasteiger partial charge in [-0.1, -0.05) is 41.9 Å². The molecular formula is C24H23ClN2O3S. The van der Waals surface area contributed by atoms with E-state index in [9.17, 15) is 13.2 Å². The number of carbonyl (C=O) groups excluding carboxylic acids is 1. The van der Waals surface area contributed by atoms with Crippen LogP contribution in [0.2, 0.25) is 5.02 Å². The van der Waals surface area contributed by atoms with E-state index in [1.54, 1.807) is 6.07 Å². The molecule has 1 heterocycles. The molecule has 0 spiro atoms. The highest BCUT2D eigenvalue weighted by Crippen LogP contribution is 2.28. The second-order valence-electron chi connectivity index (χ2n) is 7.75. The summed E-state index contributed by atoms with van der Waals surface area (Å²) in [6.07, 6.45) is 0.656. The normalized spacial score (nSPS) is 14.2. The molecule has 5 nitrogen and oxygen atoms in total. The number of carbonyl (C=O) groups is 1. The summed E-state index contributed by atoms with van der Waals surface area (Å²) < 4.78 is 28.0. The van der Waals surface area contributed by atoms with Crippen LogP contribution in [0, 0.1) is 13.8 Å². The average Bonchev–Trinajstić information content (AvgIpc) is 2.76. The third-order valence-electron chi connectivity index (χ3n) is 5.68. The summed E-state index contributed by atoms with van der Waals surface area (Å²) in [5.74, 6) is -0.450. The summed E-state index contributed by atoms with van der Waals surface area (Å²) >= 11 is 6.25. The quantitative estimate of drug-likeness (QED) is 0.606. The van der Waals surface area contributed by atoms with Gasteiger partial charge < -0.3 is 5.32 Å². The minimum absolute atomic E-state index is 0.0570. The lowest BCUT2D eigenvalue weighted by atomic mass is 10.0. The number of sulfonamides is 1. The molecular weight excluding hydrogens is 432 g/mol. The molecule has 3 aromatic rings. The van der Waals surface area contributed by atoms with Gasteiger partial charge in [-0.25, -0.2) is 8.42 Å². The molecule has 31 heavy (non-hydrogen) atoms. The summed E-state index contributed by atoms with van der Waals surface area (Å²) in [5.41, 5.74) is 5.08. The third-order valence-corrected chi connectivity index (χ3v) is 7.85. The Bertz CT molecular complexity index is 1270. The topological polar surface area (TPSA) is 66.5 Å². The van der Waals surface area contributed by atoms with E-state index >= 15 is 0 Å². The molecule has 0 saturated heterocycles. The minimum atomic E-state index is -3.77. The molecule has 0 bridgehead atoms. The number of rotatable bonds is 4. The second kappa shape index (κ2) is 8.46. The molecule has 0 radical (unpaired) electrons. The molecule has 1 N–H and O–H groups in total. The molecule has 1 aliphatic rings. The standard InChI is InChI=1S/C24H23ClN2O3S/c1-16-7-8-20(13-17(16)2)26-24(28)22-14-21(9-10-23(22)25)31(29,30)27-12-11-18-5-3-4-6-19(18)15-27/h3-10,13-14H,11-12,15H2,1-2H3,(H,26,28). The molecule has 7 heteroatoms. The van der Waals surface area contributed by atoms with Crippen molar-refractivity contribution in [2.75, 3.05) is 11.9 Å². The van der Waals surface area contributed by atoms with Crippen LogP contribution in [0.1, 0.15) is 32.6 Å². The predicted molar refractivity (Wildman–Crippen MR) is 123 cm³/mol. The SMILES string of the molecule is Cc1ccc(NC(=O)c2cc(S(=O)(=O)N3CCc4ccccc4C3)ccc2Cl)cc1C. The highest BCUT2D eigenvalue weighted by Gasteiger charge is 2.29. The fraction of sp³-hybridized carbons (Fsp3) is 0.208. The Labute approximate surface area is 187 Å². The number of amides is 1. The summed E-state index contributed by atoms with van der Waals surface area (Å²) in [6, 6.07) is 17.7. The van der Waals surface area contributed by atoms with E-state index < -0.39 is 15.9 Å². The van der Waals surface area contributed by atoms with Crippen LogP contribution in [0.4, 0.5) is 5.69 Å². The van der Waals surface area contributed by atoms with Crippen LogP contribution in [-0.2, 0) is 23.0 Å². The van der Waals surface area contributed by atoms with Crippen LogP contribution in [0.15, 0.2) is 65.6 Å². The van der Waals surface area contributed by atoms with Crippen LogP contribution in [0.3, 0.4) is 0 Å². The average molecular weight is 455 g/mol. The van der Waals surface area contributed by atoms with Crippen molar-refractivity contribution >= 4 is 33.2 Å². The van der Waals surface area contributed by atoms with Gasteiger partial charge in [0.25, 0.3) is 5.91 Å². The maximum atomic E-state index is 13.3.